The fourth-order valence-electron chi connectivity index (χ4n) is 0.889. The van der Waals surface area contributed by atoms with Crippen LogP contribution in [0, 0.1) is 0 Å². The van der Waals surface area contributed by atoms with Crippen LogP contribution in [0.3, 0.4) is 0 Å². The van der Waals surface area contributed by atoms with Crippen molar-refractivity contribution in [2.75, 3.05) is 19.7 Å². The molecular formula is C10H18N2O. The largest absolute Gasteiger partial charge is 0.401 e. The predicted molar refractivity (Wildman–Crippen MR) is 56.2 cm³/mol. The molecule has 0 aliphatic rings. The highest BCUT2D eigenvalue weighted by molar-refractivity contribution is 5.24. The molecule has 0 saturated heterocycles. The predicted octanol–water partition coefficient (Wildman–Crippen LogP) is 0.543. The number of rotatable bonds is 6. The summed E-state index contributed by atoms with van der Waals surface area (Å²) in [5, 5.41) is 11.5. The van der Waals surface area contributed by atoms with Gasteiger partial charge >= 0.3 is 0 Å². The van der Waals surface area contributed by atoms with E-state index in [0.717, 1.165) is 11.3 Å². The SMILES string of the molecule is C=C/C=C(C)/C=C(\N)CNCCO. The van der Waals surface area contributed by atoms with Gasteiger partial charge in [0, 0.05) is 18.8 Å². The maximum atomic E-state index is 8.50. The molecule has 0 aromatic rings. The quantitative estimate of drug-likeness (QED) is 0.415. The molecule has 0 unspecified atom stereocenters. The highest BCUT2D eigenvalue weighted by atomic mass is 16.3. The zero-order valence-corrected chi connectivity index (χ0v) is 8.09. The summed E-state index contributed by atoms with van der Waals surface area (Å²) >= 11 is 0. The molecule has 0 heterocycles. The third-order valence-electron chi connectivity index (χ3n) is 1.41. The Morgan fingerprint density at radius 3 is 2.85 bits per heavy atom. The second-order valence-corrected chi connectivity index (χ2v) is 2.77. The number of hydrogen-bond donors (Lipinski definition) is 3. The Hall–Kier alpha value is -1.06. The molecule has 0 amide bonds. The van der Waals surface area contributed by atoms with Crippen molar-refractivity contribution in [1.29, 1.82) is 0 Å². The number of aliphatic hydroxyl groups excluding tert-OH is 1. The monoisotopic (exact) mass is 182 g/mol. The molecule has 0 aliphatic carbocycles. The van der Waals surface area contributed by atoms with Crippen molar-refractivity contribution in [3.05, 3.63) is 36.1 Å². The summed E-state index contributed by atoms with van der Waals surface area (Å²) in [6.07, 6.45) is 5.49. The van der Waals surface area contributed by atoms with E-state index in [4.69, 9.17) is 10.8 Å². The Kier molecular flexibility index (Phi) is 6.96. The van der Waals surface area contributed by atoms with Crippen LogP contribution in [0.5, 0.6) is 0 Å². The molecule has 13 heavy (non-hydrogen) atoms. The Labute approximate surface area is 79.6 Å². The second kappa shape index (κ2) is 7.58. The molecule has 74 valence electrons. The van der Waals surface area contributed by atoms with Gasteiger partial charge in [-0.25, -0.2) is 0 Å². The van der Waals surface area contributed by atoms with Gasteiger partial charge in [0.15, 0.2) is 0 Å². The lowest BCUT2D eigenvalue weighted by Crippen LogP contribution is -2.23. The lowest BCUT2D eigenvalue weighted by Gasteiger charge is -2.02. The first kappa shape index (κ1) is 11.9. The van der Waals surface area contributed by atoms with E-state index in [1.807, 2.05) is 19.1 Å². The van der Waals surface area contributed by atoms with Gasteiger partial charge in [0.05, 0.1) is 6.61 Å². The first-order valence-corrected chi connectivity index (χ1v) is 4.27. The molecule has 0 spiro atoms. The summed E-state index contributed by atoms with van der Waals surface area (Å²) in [6, 6.07) is 0. The highest BCUT2D eigenvalue weighted by Crippen LogP contribution is 1.96. The third-order valence-corrected chi connectivity index (χ3v) is 1.41. The van der Waals surface area contributed by atoms with Crippen LogP contribution in [-0.2, 0) is 0 Å². The van der Waals surface area contributed by atoms with E-state index in [2.05, 4.69) is 11.9 Å². The lowest BCUT2D eigenvalue weighted by atomic mass is 10.2. The van der Waals surface area contributed by atoms with E-state index in [0.29, 0.717) is 13.1 Å². The van der Waals surface area contributed by atoms with Crippen LogP contribution in [0.15, 0.2) is 36.1 Å². The fourth-order valence-corrected chi connectivity index (χ4v) is 0.889. The van der Waals surface area contributed by atoms with E-state index < -0.39 is 0 Å². The molecule has 0 aromatic heterocycles. The zero-order valence-electron chi connectivity index (χ0n) is 8.09. The normalized spacial score (nSPS) is 13.1. The van der Waals surface area contributed by atoms with Crippen LogP contribution >= 0.6 is 0 Å². The molecule has 0 fully saturated rings. The van der Waals surface area contributed by atoms with E-state index in [1.54, 1.807) is 6.08 Å². The summed E-state index contributed by atoms with van der Waals surface area (Å²) in [5.41, 5.74) is 7.51. The lowest BCUT2D eigenvalue weighted by molar-refractivity contribution is 0.294. The molecule has 0 radical (unpaired) electrons. The van der Waals surface area contributed by atoms with Crippen molar-refractivity contribution < 1.29 is 5.11 Å². The van der Waals surface area contributed by atoms with Crippen molar-refractivity contribution in [2.45, 2.75) is 6.92 Å². The first-order valence-electron chi connectivity index (χ1n) is 4.27. The van der Waals surface area contributed by atoms with Crippen molar-refractivity contribution in [3.63, 3.8) is 0 Å². The van der Waals surface area contributed by atoms with Gasteiger partial charge in [-0.3, -0.25) is 0 Å². The van der Waals surface area contributed by atoms with Crippen LogP contribution in [0.25, 0.3) is 0 Å². The van der Waals surface area contributed by atoms with Crippen LogP contribution in [-0.4, -0.2) is 24.8 Å². The Bertz CT molecular complexity index is 207. The van der Waals surface area contributed by atoms with Crippen molar-refractivity contribution in [2.24, 2.45) is 5.73 Å². The van der Waals surface area contributed by atoms with Gasteiger partial charge in [-0.1, -0.05) is 18.7 Å². The second-order valence-electron chi connectivity index (χ2n) is 2.77. The van der Waals surface area contributed by atoms with E-state index in [-0.39, 0.29) is 6.61 Å². The molecular weight excluding hydrogens is 164 g/mol. The molecule has 0 atom stereocenters. The molecule has 0 aromatic carbocycles. The van der Waals surface area contributed by atoms with E-state index in [1.165, 1.54) is 0 Å². The standard InChI is InChI=1S/C10H18N2O/c1-3-4-9(2)7-10(11)8-12-5-6-13/h3-4,7,12-13H,1,5-6,8,11H2,2H3/b9-4+,10-7-. The zero-order chi connectivity index (χ0) is 10.1. The number of nitrogens with two attached hydrogens (primary N) is 1. The van der Waals surface area contributed by atoms with Crippen LogP contribution in [0.1, 0.15) is 6.92 Å². The summed E-state index contributed by atoms with van der Waals surface area (Å²) in [6.45, 7) is 6.85. The van der Waals surface area contributed by atoms with Gasteiger partial charge in [0.2, 0.25) is 0 Å². The minimum absolute atomic E-state index is 0.134. The summed E-state index contributed by atoms with van der Waals surface area (Å²) in [5.74, 6) is 0. The van der Waals surface area contributed by atoms with E-state index >= 15 is 0 Å². The number of allylic oxidation sites excluding steroid dienone is 4. The maximum absolute atomic E-state index is 8.50. The Morgan fingerprint density at radius 2 is 2.31 bits per heavy atom. The first-order chi connectivity index (χ1) is 6.20. The third kappa shape index (κ3) is 7.31. The van der Waals surface area contributed by atoms with E-state index in [9.17, 15) is 0 Å². The highest BCUT2D eigenvalue weighted by Gasteiger charge is 1.89. The number of aliphatic hydroxyl groups is 1. The Morgan fingerprint density at radius 1 is 1.62 bits per heavy atom. The molecule has 0 rings (SSSR count). The van der Waals surface area contributed by atoms with Gasteiger partial charge in [0.1, 0.15) is 0 Å². The topological polar surface area (TPSA) is 58.3 Å². The van der Waals surface area contributed by atoms with Crippen LogP contribution in [0.4, 0.5) is 0 Å². The Balaban J connectivity index is 3.86. The minimum Gasteiger partial charge on any atom is -0.401 e. The van der Waals surface area contributed by atoms with Crippen LogP contribution in [0.2, 0.25) is 0 Å². The van der Waals surface area contributed by atoms with Crippen molar-refractivity contribution in [3.8, 4) is 0 Å². The molecule has 4 N–H and O–H groups in total. The van der Waals surface area contributed by atoms with Gasteiger partial charge in [-0.15, -0.1) is 0 Å². The molecule has 0 bridgehead atoms. The summed E-state index contributed by atoms with van der Waals surface area (Å²) < 4.78 is 0. The minimum atomic E-state index is 0.134. The van der Waals surface area contributed by atoms with Crippen molar-refractivity contribution in [1.82, 2.24) is 5.32 Å². The number of hydrogen-bond acceptors (Lipinski definition) is 3. The summed E-state index contributed by atoms with van der Waals surface area (Å²) in [4.78, 5) is 0. The average Bonchev–Trinajstić information content (AvgIpc) is 2.05. The molecule has 0 saturated carbocycles. The fraction of sp³-hybridized carbons (Fsp3) is 0.400. The molecule has 0 aliphatic heterocycles. The van der Waals surface area contributed by atoms with Gasteiger partial charge in [-0.05, 0) is 18.6 Å². The number of nitrogens with one attached hydrogen (secondary N) is 1. The molecule has 3 heteroatoms. The van der Waals surface area contributed by atoms with Crippen LogP contribution < -0.4 is 11.1 Å². The van der Waals surface area contributed by atoms with Gasteiger partial charge in [-0.2, -0.15) is 0 Å². The molecule has 3 nitrogen and oxygen atoms in total. The van der Waals surface area contributed by atoms with Gasteiger partial charge in [0.25, 0.3) is 0 Å². The van der Waals surface area contributed by atoms with Gasteiger partial charge < -0.3 is 16.2 Å². The maximum Gasteiger partial charge on any atom is 0.0556 e. The summed E-state index contributed by atoms with van der Waals surface area (Å²) in [7, 11) is 0. The average molecular weight is 182 g/mol. The van der Waals surface area contributed by atoms with Crippen molar-refractivity contribution >= 4 is 0 Å². The smallest absolute Gasteiger partial charge is 0.0556 e.